The van der Waals surface area contributed by atoms with Crippen molar-refractivity contribution in [3.8, 4) is 0 Å². The Morgan fingerprint density at radius 3 is 2.44 bits per heavy atom. The molecule has 0 saturated carbocycles. The van der Waals surface area contributed by atoms with Crippen LogP contribution in [0.1, 0.15) is 37.7 Å². The SMILES string of the molecule is O=C(O)C[C@@](O)(CSCCCCCCc1ccc(Cl)cc1[N+](=O)[O-])C(=O)O. The van der Waals surface area contributed by atoms with Crippen LogP contribution in [0.25, 0.3) is 0 Å². The predicted octanol–water partition coefficient (Wildman–Crippen LogP) is 3.37. The van der Waals surface area contributed by atoms with Crippen molar-refractivity contribution in [3.63, 3.8) is 0 Å². The second-order valence-electron chi connectivity index (χ2n) is 6.15. The van der Waals surface area contributed by atoms with E-state index in [2.05, 4.69) is 0 Å². The number of nitrogens with zero attached hydrogens (tertiary/aromatic N) is 1. The lowest BCUT2D eigenvalue weighted by Crippen LogP contribution is -2.43. The number of carboxylic acids is 2. The van der Waals surface area contributed by atoms with Gasteiger partial charge in [-0.25, -0.2) is 4.79 Å². The van der Waals surface area contributed by atoms with Crippen molar-refractivity contribution in [3.05, 3.63) is 38.9 Å². The van der Waals surface area contributed by atoms with Gasteiger partial charge in [0, 0.05) is 22.4 Å². The number of hydrogen-bond donors (Lipinski definition) is 3. The van der Waals surface area contributed by atoms with Crippen LogP contribution < -0.4 is 0 Å². The molecule has 0 saturated heterocycles. The van der Waals surface area contributed by atoms with Crippen LogP contribution >= 0.6 is 23.4 Å². The molecule has 3 N–H and O–H groups in total. The number of benzene rings is 1. The van der Waals surface area contributed by atoms with Crippen molar-refractivity contribution in [1.82, 2.24) is 0 Å². The van der Waals surface area contributed by atoms with E-state index in [0.717, 1.165) is 25.7 Å². The molecule has 150 valence electrons. The Bertz CT molecular complexity index is 685. The number of carbonyl (C=O) groups is 2. The van der Waals surface area contributed by atoms with Crippen LogP contribution in [0.4, 0.5) is 5.69 Å². The normalized spacial score (nSPS) is 13.1. The topological polar surface area (TPSA) is 138 Å². The molecular formula is C17H22ClNO7S. The Morgan fingerprint density at radius 1 is 1.19 bits per heavy atom. The van der Waals surface area contributed by atoms with E-state index in [1.807, 2.05) is 0 Å². The molecule has 0 radical (unpaired) electrons. The Morgan fingerprint density at radius 2 is 1.85 bits per heavy atom. The number of carboxylic acid groups (broad SMARTS) is 2. The van der Waals surface area contributed by atoms with Crippen LogP contribution in [0.15, 0.2) is 18.2 Å². The lowest BCUT2D eigenvalue weighted by Gasteiger charge is -2.20. The number of hydrogen-bond acceptors (Lipinski definition) is 6. The number of aliphatic hydroxyl groups is 1. The molecule has 1 aromatic carbocycles. The molecule has 8 nitrogen and oxygen atoms in total. The molecule has 27 heavy (non-hydrogen) atoms. The Kier molecular flexibility index (Phi) is 9.54. The van der Waals surface area contributed by atoms with E-state index >= 15 is 0 Å². The summed E-state index contributed by atoms with van der Waals surface area (Å²) in [5, 5.41) is 38.8. The Balaban J connectivity index is 2.27. The predicted molar refractivity (Wildman–Crippen MR) is 102 cm³/mol. The van der Waals surface area contributed by atoms with Gasteiger partial charge in [0.05, 0.1) is 11.3 Å². The van der Waals surface area contributed by atoms with Crippen LogP contribution in [-0.4, -0.2) is 49.3 Å². The number of thioether (sulfide) groups is 1. The largest absolute Gasteiger partial charge is 0.481 e. The first-order valence-electron chi connectivity index (χ1n) is 8.34. The van der Waals surface area contributed by atoms with E-state index in [1.165, 1.54) is 17.8 Å². The minimum absolute atomic E-state index is 0.0180. The van der Waals surface area contributed by atoms with E-state index < -0.39 is 28.9 Å². The molecule has 1 rings (SSSR count). The van der Waals surface area contributed by atoms with Crippen LogP contribution in [0, 0.1) is 10.1 Å². The molecule has 0 aliphatic rings. The van der Waals surface area contributed by atoms with Crippen LogP contribution in [0.3, 0.4) is 0 Å². The summed E-state index contributed by atoms with van der Waals surface area (Å²) in [4.78, 5) is 32.2. The van der Waals surface area contributed by atoms with E-state index in [4.69, 9.17) is 21.8 Å². The zero-order valence-electron chi connectivity index (χ0n) is 14.6. The quantitative estimate of drug-likeness (QED) is 0.251. The lowest BCUT2D eigenvalue weighted by atomic mass is 10.0. The second kappa shape index (κ2) is 11.1. The number of nitro groups is 1. The van der Waals surface area contributed by atoms with Gasteiger partial charge in [-0.3, -0.25) is 14.9 Å². The number of nitro benzene ring substituents is 1. The van der Waals surface area contributed by atoms with Crippen LogP contribution in [0.2, 0.25) is 5.02 Å². The number of aryl methyl sites for hydroxylation is 1. The lowest BCUT2D eigenvalue weighted by molar-refractivity contribution is -0.385. The van der Waals surface area contributed by atoms with Gasteiger partial charge >= 0.3 is 11.9 Å². The monoisotopic (exact) mass is 419 g/mol. The smallest absolute Gasteiger partial charge is 0.337 e. The number of unbranched alkanes of at least 4 members (excludes halogenated alkanes) is 3. The minimum Gasteiger partial charge on any atom is -0.481 e. The third kappa shape index (κ3) is 8.15. The molecule has 0 spiro atoms. The van der Waals surface area contributed by atoms with Gasteiger partial charge in [-0.2, -0.15) is 11.8 Å². The molecule has 1 aromatic rings. The van der Waals surface area contributed by atoms with Gasteiger partial charge in [-0.15, -0.1) is 0 Å². The fourth-order valence-electron chi connectivity index (χ4n) is 2.47. The molecule has 0 unspecified atom stereocenters. The third-order valence-corrected chi connectivity index (χ3v) is 5.41. The summed E-state index contributed by atoms with van der Waals surface area (Å²) in [5.41, 5.74) is -1.60. The maximum Gasteiger partial charge on any atom is 0.337 e. The summed E-state index contributed by atoms with van der Waals surface area (Å²) in [5.74, 6) is -2.50. The van der Waals surface area contributed by atoms with Gasteiger partial charge in [0.2, 0.25) is 0 Å². The number of halogens is 1. The van der Waals surface area contributed by atoms with Crippen LogP contribution in [0.5, 0.6) is 0 Å². The number of rotatable bonds is 13. The number of aliphatic carboxylic acids is 2. The molecule has 0 aliphatic carbocycles. The van der Waals surface area contributed by atoms with Gasteiger partial charge in [0.1, 0.15) is 0 Å². The zero-order chi connectivity index (χ0) is 20.4. The third-order valence-electron chi connectivity index (χ3n) is 3.91. The first-order valence-corrected chi connectivity index (χ1v) is 9.87. The standard InChI is InChI=1S/C17H22ClNO7S/c18-13-7-6-12(14(9-13)19(25)26)5-3-1-2-4-8-27-11-17(24,16(22)23)10-15(20)21/h6-7,9,24H,1-5,8,10-11H2,(H,20,21)(H,22,23)/t17-/m1/s1. The highest BCUT2D eigenvalue weighted by atomic mass is 35.5. The highest BCUT2D eigenvalue weighted by Crippen LogP contribution is 2.25. The summed E-state index contributed by atoms with van der Waals surface area (Å²) in [7, 11) is 0. The zero-order valence-corrected chi connectivity index (χ0v) is 16.2. The summed E-state index contributed by atoms with van der Waals surface area (Å²) < 4.78 is 0. The highest BCUT2D eigenvalue weighted by Gasteiger charge is 2.38. The molecule has 0 fully saturated rings. The maximum absolute atomic E-state index is 11.0. The highest BCUT2D eigenvalue weighted by molar-refractivity contribution is 7.99. The first-order chi connectivity index (χ1) is 12.7. The molecule has 1 atom stereocenters. The van der Waals surface area contributed by atoms with E-state index in [9.17, 15) is 24.8 Å². The van der Waals surface area contributed by atoms with Gasteiger partial charge < -0.3 is 15.3 Å². The molecule has 0 aromatic heterocycles. The summed E-state index contributed by atoms with van der Waals surface area (Å²) >= 11 is 6.97. The van der Waals surface area contributed by atoms with Crippen molar-refractivity contribution in [2.24, 2.45) is 0 Å². The molecule has 10 heteroatoms. The minimum atomic E-state index is -2.26. The maximum atomic E-state index is 11.0. The van der Waals surface area contributed by atoms with Crippen molar-refractivity contribution in [2.45, 2.75) is 44.1 Å². The molecule has 0 heterocycles. The molecular weight excluding hydrogens is 398 g/mol. The Labute approximate surface area is 165 Å². The van der Waals surface area contributed by atoms with Crippen molar-refractivity contribution in [2.75, 3.05) is 11.5 Å². The van der Waals surface area contributed by atoms with Gasteiger partial charge in [-0.05, 0) is 31.1 Å². The van der Waals surface area contributed by atoms with E-state index in [0.29, 0.717) is 22.8 Å². The summed E-state index contributed by atoms with van der Waals surface area (Å²) in [6.45, 7) is 0. The van der Waals surface area contributed by atoms with Gasteiger partial charge in [0.25, 0.3) is 5.69 Å². The first kappa shape index (κ1) is 23.2. The van der Waals surface area contributed by atoms with Gasteiger partial charge in [-0.1, -0.05) is 30.5 Å². The summed E-state index contributed by atoms with van der Waals surface area (Å²) in [6.07, 6.45) is 2.96. The van der Waals surface area contributed by atoms with Crippen molar-refractivity contribution >= 4 is 41.0 Å². The average molecular weight is 420 g/mol. The second-order valence-corrected chi connectivity index (χ2v) is 7.70. The van der Waals surface area contributed by atoms with Crippen molar-refractivity contribution < 1.29 is 29.8 Å². The molecule has 0 bridgehead atoms. The van der Waals surface area contributed by atoms with E-state index in [-0.39, 0.29) is 11.4 Å². The molecule has 0 amide bonds. The van der Waals surface area contributed by atoms with Crippen molar-refractivity contribution in [1.29, 1.82) is 0 Å². The fraction of sp³-hybridized carbons (Fsp3) is 0.529. The fourth-order valence-corrected chi connectivity index (χ4v) is 3.75. The van der Waals surface area contributed by atoms with Crippen LogP contribution in [-0.2, 0) is 16.0 Å². The van der Waals surface area contributed by atoms with Gasteiger partial charge in [0.15, 0.2) is 5.60 Å². The Hall–Kier alpha value is -1.84. The summed E-state index contributed by atoms with van der Waals surface area (Å²) in [6, 6.07) is 4.63. The van der Waals surface area contributed by atoms with E-state index in [1.54, 1.807) is 12.1 Å². The molecule has 0 aliphatic heterocycles. The average Bonchev–Trinajstić information content (AvgIpc) is 2.57.